The molecule has 0 bridgehead atoms. The zero-order valence-corrected chi connectivity index (χ0v) is 18.2. The molecule has 0 aliphatic rings. The third-order valence-electron chi connectivity index (χ3n) is 4.67. The fraction of sp³-hybridized carbons (Fsp3) is 0.227. The number of hydrogen-bond acceptors (Lipinski definition) is 8. The number of rotatable bonds is 8. The maximum Gasteiger partial charge on any atom is 0.169 e. The van der Waals surface area contributed by atoms with E-state index in [-0.39, 0.29) is 12.2 Å². The maximum atomic E-state index is 12.8. The normalized spacial score (nSPS) is 10.8. The van der Waals surface area contributed by atoms with Gasteiger partial charge in [0.15, 0.2) is 17.3 Å². The van der Waals surface area contributed by atoms with Crippen molar-refractivity contribution < 1.29 is 14.3 Å². The molecule has 3 heterocycles. The monoisotopic (exact) mass is 435 g/mol. The lowest BCUT2D eigenvalue weighted by atomic mass is 10.1. The second-order valence-corrected chi connectivity index (χ2v) is 7.95. The molecule has 31 heavy (non-hydrogen) atoms. The highest BCUT2D eigenvalue weighted by atomic mass is 32.1. The number of carbonyl (C=O) groups is 1. The summed E-state index contributed by atoms with van der Waals surface area (Å²) in [4.78, 5) is 16.8. The van der Waals surface area contributed by atoms with Crippen molar-refractivity contribution >= 4 is 17.1 Å². The summed E-state index contributed by atoms with van der Waals surface area (Å²) in [7, 11) is 3.43. The van der Waals surface area contributed by atoms with Gasteiger partial charge in [0.1, 0.15) is 16.6 Å². The van der Waals surface area contributed by atoms with Crippen molar-refractivity contribution in [3.8, 4) is 22.1 Å². The van der Waals surface area contributed by atoms with Gasteiger partial charge in [-0.3, -0.25) is 14.5 Å². The first-order chi connectivity index (χ1) is 15.0. The molecule has 1 aromatic carbocycles. The number of pyridine rings is 1. The van der Waals surface area contributed by atoms with E-state index in [2.05, 4.69) is 20.3 Å². The molecule has 0 N–H and O–H groups in total. The second-order valence-electron chi connectivity index (χ2n) is 6.89. The molecule has 8 nitrogen and oxygen atoms in total. The van der Waals surface area contributed by atoms with Crippen LogP contribution in [-0.4, -0.2) is 37.9 Å². The van der Waals surface area contributed by atoms with Gasteiger partial charge in [0, 0.05) is 30.6 Å². The molecule has 0 spiro atoms. The minimum atomic E-state index is -0.0652. The number of methoxy groups -OCH3 is 1. The fourth-order valence-electron chi connectivity index (χ4n) is 3.09. The van der Waals surface area contributed by atoms with E-state index in [0.717, 1.165) is 22.0 Å². The molecule has 0 unspecified atom stereocenters. The molecule has 4 rings (SSSR count). The maximum absolute atomic E-state index is 12.8. The van der Waals surface area contributed by atoms with Gasteiger partial charge in [-0.05, 0) is 43.3 Å². The number of ether oxygens (including phenoxy) is 2. The molecule has 0 saturated carbocycles. The third kappa shape index (κ3) is 4.77. The highest BCUT2D eigenvalue weighted by Gasteiger charge is 2.15. The average molecular weight is 436 g/mol. The van der Waals surface area contributed by atoms with E-state index in [1.165, 1.54) is 11.3 Å². The Labute approximate surface area is 183 Å². The average Bonchev–Trinajstić information content (AvgIpc) is 3.38. The molecule has 3 aromatic heterocycles. The summed E-state index contributed by atoms with van der Waals surface area (Å²) < 4.78 is 13.1. The van der Waals surface area contributed by atoms with E-state index in [1.807, 2.05) is 32.2 Å². The molecule has 0 saturated heterocycles. The van der Waals surface area contributed by atoms with Crippen LogP contribution in [0.25, 0.3) is 10.6 Å². The van der Waals surface area contributed by atoms with Crippen LogP contribution in [0.5, 0.6) is 11.5 Å². The summed E-state index contributed by atoms with van der Waals surface area (Å²) >= 11 is 1.40. The number of nitrogens with zero attached hydrogens (tertiary/aromatic N) is 5. The SMILES string of the molecule is COc1cc(C(=O)Cc2nnc(-c3ccncc3)s2)ccc1OCc1cc(C)nn1C. The Bertz CT molecular complexity index is 1200. The molecule has 0 aliphatic heterocycles. The minimum absolute atomic E-state index is 0.0652. The fourth-order valence-corrected chi connectivity index (χ4v) is 3.93. The number of Topliss-reactive ketones (excluding diaryl/α,β-unsaturated/α-hetero) is 1. The predicted molar refractivity (Wildman–Crippen MR) is 116 cm³/mol. The van der Waals surface area contributed by atoms with Crippen molar-refractivity contribution in [2.24, 2.45) is 7.05 Å². The van der Waals surface area contributed by atoms with E-state index in [9.17, 15) is 4.79 Å². The molecular formula is C22H21N5O3S. The summed E-state index contributed by atoms with van der Waals surface area (Å²) in [6.45, 7) is 2.28. The zero-order chi connectivity index (χ0) is 21.8. The molecule has 158 valence electrons. The van der Waals surface area contributed by atoms with E-state index in [4.69, 9.17) is 9.47 Å². The van der Waals surface area contributed by atoms with E-state index < -0.39 is 0 Å². The Hall–Kier alpha value is -3.59. The van der Waals surface area contributed by atoms with Gasteiger partial charge < -0.3 is 9.47 Å². The number of aromatic nitrogens is 5. The van der Waals surface area contributed by atoms with Crippen LogP contribution >= 0.6 is 11.3 Å². The topological polar surface area (TPSA) is 92.0 Å². The van der Waals surface area contributed by atoms with Gasteiger partial charge in [0.25, 0.3) is 0 Å². The summed E-state index contributed by atoms with van der Waals surface area (Å²) in [5.41, 5.74) is 3.33. The summed E-state index contributed by atoms with van der Waals surface area (Å²) in [5, 5.41) is 14.1. The van der Waals surface area contributed by atoms with Crippen LogP contribution in [0.2, 0.25) is 0 Å². The lowest BCUT2D eigenvalue weighted by Gasteiger charge is -2.12. The summed E-state index contributed by atoms with van der Waals surface area (Å²) in [6.07, 6.45) is 3.57. The lowest BCUT2D eigenvalue weighted by Crippen LogP contribution is -2.06. The van der Waals surface area contributed by atoms with Crippen LogP contribution in [0.1, 0.15) is 26.8 Å². The number of hydrogen-bond donors (Lipinski definition) is 0. The Morgan fingerprint density at radius 1 is 1.10 bits per heavy atom. The summed E-state index contributed by atoms with van der Waals surface area (Å²) in [5.74, 6) is 0.998. The molecule has 0 aliphatic carbocycles. The molecule has 4 aromatic rings. The van der Waals surface area contributed by atoms with Crippen LogP contribution in [0.15, 0.2) is 48.8 Å². The Kier molecular flexibility index (Phi) is 6.03. The number of carbonyl (C=O) groups excluding carboxylic acids is 1. The van der Waals surface area contributed by atoms with Crippen LogP contribution in [0, 0.1) is 6.92 Å². The standard InChI is InChI=1S/C22H21N5O3S/c1-14-10-17(27(2)26-14)13-30-19-5-4-16(11-20(19)29-3)18(28)12-21-24-25-22(31-21)15-6-8-23-9-7-15/h4-11H,12-13H2,1-3H3. The molecule has 0 radical (unpaired) electrons. The zero-order valence-electron chi connectivity index (χ0n) is 17.4. The molecular weight excluding hydrogens is 414 g/mol. The van der Waals surface area contributed by atoms with Gasteiger partial charge in [0.2, 0.25) is 0 Å². The highest BCUT2D eigenvalue weighted by molar-refractivity contribution is 7.14. The van der Waals surface area contributed by atoms with E-state index >= 15 is 0 Å². The van der Waals surface area contributed by atoms with Crippen molar-refractivity contribution in [1.29, 1.82) is 0 Å². The van der Waals surface area contributed by atoms with Gasteiger partial charge >= 0.3 is 0 Å². The first-order valence-corrected chi connectivity index (χ1v) is 10.4. The smallest absolute Gasteiger partial charge is 0.169 e. The van der Waals surface area contributed by atoms with Crippen LogP contribution < -0.4 is 9.47 Å². The summed E-state index contributed by atoms with van der Waals surface area (Å²) in [6, 6.07) is 10.9. The van der Waals surface area contributed by atoms with Gasteiger partial charge in [-0.2, -0.15) is 5.10 Å². The van der Waals surface area contributed by atoms with Crippen LogP contribution in [-0.2, 0) is 20.1 Å². The van der Waals surface area contributed by atoms with Gasteiger partial charge in [-0.1, -0.05) is 11.3 Å². The Balaban J connectivity index is 1.45. The van der Waals surface area contributed by atoms with Crippen LogP contribution in [0.4, 0.5) is 0 Å². The van der Waals surface area contributed by atoms with Crippen LogP contribution in [0.3, 0.4) is 0 Å². The lowest BCUT2D eigenvalue weighted by molar-refractivity contribution is 0.0992. The van der Waals surface area contributed by atoms with Crippen molar-refractivity contribution in [1.82, 2.24) is 25.0 Å². The van der Waals surface area contributed by atoms with Crippen molar-refractivity contribution in [3.63, 3.8) is 0 Å². The quantitative estimate of drug-likeness (QED) is 0.390. The Morgan fingerprint density at radius 2 is 1.90 bits per heavy atom. The molecule has 0 fully saturated rings. The van der Waals surface area contributed by atoms with E-state index in [1.54, 1.807) is 42.4 Å². The Morgan fingerprint density at radius 3 is 2.61 bits per heavy atom. The predicted octanol–water partition coefficient (Wildman–Crippen LogP) is 3.66. The number of benzene rings is 1. The van der Waals surface area contributed by atoms with Crippen molar-refractivity contribution in [2.45, 2.75) is 20.0 Å². The van der Waals surface area contributed by atoms with Crippen molar-refractivity contribution in [3.05, 3.63) is 70.8 Å². The molecule has 9 heteroatoms. The van der Waals surface area contributed by atoms with E-state index in [0.29, 0.717) is 28.7 Å². The minimum Gasteiger partial charge on any atom is -0.493 e. The third-order valence-corrected chi connectivity index (χ3v) is 5.64. The highest BCUT2D eigenvalue weighted by Crippen LogP contribution is 2.30. The number of aryl methyl sites for hydroxylation is 2. The molecule has 0 atom stereocenters. The second kappa shape index (κ2) is 9.05. The number of ketones is 1. The largest absolute Gasteiger partial charge is 0.493 e. The van der Waals surface area contributed by atoms with Crippen molar-refractivity contribution in [2.75, 3.05) is 7.11 Å². The molecule has 0 amide bonds. The van der Waals surface area contributed by atoms with Gasteiger partial charge in [-0.15, -0.1) is 10.2 Å². The first-order valence-electron chi connectivity index (χ1n) is 9.60. The van der Waals surface area contributed by atoms with Gasteiger partial charge in [0.05, 0.1) is 24.9 Å². The van der Waals surface area contributed by atoms with Gasteiger partial charge in [-0.25, -0.2) is 0 Å². The first kappa shape index (κ1) is 20.7.